The van der Waals surface area contributed by atoms with Crippen molar-refractivity contribution in [3.8, 4) is 28.2 Å². The van der Waals surface area contributed by atoms with Gasteiger partial charge in [-0.1, -0.05) is 153 Å². The summed E-state index contributed by atoms with van der Waals surface area (Å²) < 4.78 is 2.31. The molecule has 4 aromatic carbocycles. The minimum absolute atomic E-state index is 0.0831. The van der Waals surface area contributed by atoms with Crippen molar-refractivity contribution in [2.45, 2.75) is 104 Å². The van der Waals surface area contributed by atoms with E-state index in [9.17, 15) is 0 Å². The topological polar surface area (TPSA) is 30.7 Å². The molecular weight excluding hydrogens is 546 g/mol. The Morgan fingerprint density at radius 2 is 1.33 bits per heavy atom. The van der Waals surface area contributed by atoms with E-state index in [1.807, 2.05) is 0 Å². The molecule has 0 bridgehead atoms. The summed E-state index contributed by atoms with van der Waals surface area (Å²) in [7, 11) is 0. The lowest BCUT2D eigenvalue weighted by atomic mass is 9.69. The number of benzene rings is 4. The highest BCUT2D eigenvalue weighted by Gasteiger charge is 2.44. The molecule has 45 heavy (non-hydrogen) atoms. The first-order valence-electron chi connectivity index (χ1n) is 16.8. The number of hydrogen-bond donors (Lipinski definition) is 0. The van der Waals surface area contributed by atoms with Crippen molar-refractivity contribution in [3.05, 3.63) is 125 Å². The molecule has 0 unspecified atom stereocenters. The second-order valence-corrected chi connectivity index (χ2v) is 15.1. The number of rotatable bonds is 8. The zero-order valence-corrected chi connectivity index (χ0v) is 28.5. The Hall–Kier alpha value is -3.98. The summed E-state index contributed by atoms with van der Waals surface area (Å²) in [5, 5.41) is 9.77. The maximum Gasteiger partial charge on any atom is 0.168 e. The second-order valence-electron chi connectivity index (χ2n) is 15.1. The number of fused-ring (bicyclic) bond motifs is 3. The summed E-state index contributed by atoms with van der Waals surface area (Å²) >= 11 is 0. The highest BCUT2D eigenvalue weighted by Crippen LogP contribution is 2.55. The van der Waals surface area contributed by atoms with Gasteiger partial charge in [0.1, 0.15) is 5.82 Å². The van der Waals surface area contributed by atoms with Gasteiger partial charge in [-0.25, -0.2) is 0 Å². The molecule has 0 fully saturated rings. The first kappa shape index (κ1) is 31.0. The molecule has 0 atom stereocenters. The lowest BCUT2D eigenvalue weighted by Gasteiger charge is -2.33. The molecule has 6 rings (SSSR count). The Labute approximate surface area is 270 Å². The van der Waals surface area contributed by atoms with Gasteiger partial charge in [0.15, 0.2) is 5.82 Å². The molecule has 5 aromatic rings. The first-order valence-corrected chi connectivity index (χ1v) is 16.8. The minimum atomic E-state index is -0.209. The van der Waals surface area contributed by atoms with Crippen LogP contribution in [-0.4, -0.2) is 14.8 Å². The average Bonchev–Trinajstić information content (AvgIpc) is 3.58. The number of unbranched alkanes of at least 4 members (excludes halogenated alkanes) is 3. The van der Waals surface area contributed by atoms with Gasteiger partial charge in [0.2, 0.25) is 0 Å². The molecule has 0 saturated carbocycles. The molecule has 3 heteroatoms. The lowest BCUT2D eigenvalue weighted by molar-refractivity contribution is 0.516. The van der Waals surface area contributed by atoms with Gasteiger partial charge in [-0.15, -0.1) is 10.2 Å². The minimum Gasteiger partial charge on any atom is -0.278 e. The van der Waals surface area contributed by atoms with Gasteiger partial charge in [-0.2, -0.15) is 0 Å². The predicted octanol–water partition coefficient (Wildman–Crippen LogP) is 11.1. The van der Waals surface area contributed by atoms with E-state index in [4.69, 9.17) is 10.2 Å². The van der Waals surface area contributed by atoms with Crippen LogP contribution in [0.5, 0.6) is 0 Å². The molecule has 232 valence electrons. The Balaban J connectivity index is 1.56. The maximum absolute atomic E-state index is 4.92. The van der Waals surface area contributed by atoms with E-state index < -0.39 is 0 Å². The van der Waals surface area contributed by atoms with Crippen molar-refractivity contribution in [3.63, 3.8) is 0 Å². The van der Waals surface area contributed by atoms with Crippen LogP contribution in [0.1, 0.15) is 114 Å². The van der Waals surface area contributed by atoms with Crippen LogP contribution in [0.3, 0.4) is 0 Å². The molecule has 1 aromatic heterocycles. The molecule has 1 aliphatic rings. The van der Waals surface area contributed by atoms with Gasteiger partial charge < -0.3 is 0 Å². The van der Waals surface area contributed by atoms with E-state index in [0.717, 1.165) is 29.3 Å². The number of nitrogens with zero attached hydrogens (tertiary/aromatic N) is 3. The van der Waals surface area contributed by atoms with E-state index in [1.165, 1.54) is 64.6 Å². The van der Waals surface area contributed by atoms with Crippen molar-refractivity contribution >= 4 is 0 Å². The van der Waals surface area contributed by atoms with Crippen molar-refractivity contribution < 1.29 is 0 Å². The normalized spacial score (nSPS) is 14.0. The SMILES string of the molecule is CCCCCCC1(c2cccc(-c3nnc(C(C)(C)C)n3-c3ccc(C(C)(C)C)cc3C)c2)c2ccccc2-c2ccccc21. The van der Waals surface area contributed by atoms with Crippen molar-refractivity contribution in [1.29, 1.82) is 0 Å². The van der Waals surface area contributed by atoms with Crippen LogP contribution in [0, 0.1) is 6.92 Å². The van der Waals surface area contributed by atoms with Gasteiger partial charge >= 0.3 is 0 Å². The third kappa shape index (κ3) is 5.45. The summed E-state index contributed by atoms with van der Waals surface area (Å²) in [6.45, 7) is 18.0. The molecule has 0 aliphatic heterocycles. The van der Waals surface area contributed by atoms with Crippen LogP contribution in [-0.2, 0) is 16.2 Å². The van der Waals surface area contributed by atoms with Crippen LogP contribution in [0.2, 0.25) is 0 Å². The fourth-order valence-corrected chi connectivity index (χ4v) is 7.35. The number of aryl methyl sites for hydroxylation is 1. The van der Waals surface area contributed by atoms with Crippen LogP contribution in [0.4, 0.5) is 0 Å². The highest BCUT2D eigenvalue weighted by molar-refractivity contribution is 5.83. The van der Waals surface area contributed by atoms with Crippen LogP contribution in [0.25, 0.3) is 28.2 Å². The summed E-state index contributed by atoms with van der Waals surface area (Å²) in [4.78, 5) is 0. The summed E-state index contributed by atoms with van der Waals surface area (Å²) in [5.41, 5.74) is 11.4. The van der Waals surface area contributed by atoms with Crippen LogP contribution < -0.4 is 0 Å². The van der Waals surface area contributed by atoms with Crippen molar-refractivity contribution in [2.24, 2.45) is 0 Å². The average molecular weight is 596 g/mol. The molecule has 3 nitrogen and oxygen atoms in total. The van der Waals surface area contributed by atoms with Crippen LogP contribution in [0.15, 0.2) is 91.0 Å². The Kier molecular flexibility index (Phi) is 8.10. The first-order chi connectivity index (χ1) is 21.5. The van der Waals surface area contributed by atoms with E-state index in [2.05, 4.69) is 151 Å². The molecule has 0 saturated heterocycles. The quantitative estimate of drug-likeness (QED) is 0.167. The molecule has 0 radical (unpaired) electrons. The zero-order valence-electron chi connectivity index (χ0n) is 28.5. The smallest absolute Gasteiger partial charge is 0.168 e. The molecule has 0 N–H and O–H groups in total. The number of hydrogen-bond acceptors (Lipinski definition) is 2. The Morgan fingerprint density at radius 3 is 1.93 bits per heavy atom. The van der Waals surface area contributed by atoms with Crippen molar-refractivity contribution in [2.75, 3.05) is 0 Å². The third-order valence-corrected chi connectivity index (χ3v) is 9.72. The van der Waals surface area contributed by atoms with Crippen LogP contribution >= 0.6 is 0 Å². The fraction of sp³-hybridized carbons (Fsp3) is 0.381. The van der Waals surface area contributed by atoms with E-state index in [-0.39, 0.29) is 16.2 Å². The van der Waals surface area contributed by atoms with Gasteiger partial charge in [-0.3, -0.25) is 4.57 Å². The van der Waals surface area contributed by atoms with Crippen molar-refractivity contribution in [1.82, 2.24) is 14.8 Å². The lowest BCUT2D eigenvalue weighted by Crippen LogP contribution is -2.27. The molecule has 1 aliphatic carbocycles. The summed E-state index contributed by atoms with van der Waals surface area (Å²) in [6.07, 6.45) is 6.01. The van der Waals surface area contributed by atoms with Gasteiger partial charge in [0, 0.05) is 16.4 Å². The van der Waals surface area contributed by atoms with Gasteiger partial charge in [0.05, 0.1) is 5.69 Å². The van der Waals surface area contributed by atoms with E-state index in [0.29, 0.717) is 0 Å². The maximum atomic E-state index is 4.92. The molecule has 1 heterocycles. The van der Waals surface area contributed by atoms with Gasteiger partial charge in [0.25, 0.3) is 0 Å². The second kappa shape index (κ2) is 11.7. The van der Waals surface area contributed by atoms with Gasteiger partial charge in [-0.05, 0) is 69.8 Å². The largest absolute Gasteiger partial charge is 0.278 e. The molecular formula is C42H49N3. The number of aromatic nitrogens is 3. The predicted molar refractivity (Wildman–Crippen MR) is 189 cm³/mol. The highest BCUT2D eigenvalue weighted by atomic mass is 15.3. The molecule has 0 spiro atoms. The Bertz CT molecular complexity index is 1780. The Morgan fingerprint density at radius 1 is 0.667 bits per heavy atom. The summed E-state index contributed by atoms with van der Waals surface area (Å²) in [5.74, 6) is 1.87. The monoisotopic (exact) mass is 595 g/mol. The van der Waals surface area contributed by atoms with E-state index >= 15 is 0 Å². The standard InChI is InChI=1S/C42H49N3/c1-9-10-11-16-26-42(35-22-14-12-20-33(35)34-21-13-15-23-36(34)42)32-19-17-18-30(28-32)38-43-44-39(41(6,7)8)45(38)37-25-24-31(27-29(37)2)40(3,4)5/h12-15,17-25,27-28H,9-11,16,26H2,1-8H3. The third-order valence-electron chi connectivity index (χ3n) is 9.72. The van der Waals surface area contributed by atoms with E-state index in [1.54, 1.807) is 0 Å². The molecule has 0 amide bonds. The summed E-state index contributed by atoms with van der Waals surface area (Å²) in [6, 6.07) is 34.2. The zero-order chi connectivity index (χ0) is 32.0. The fourth-order valence-electron chi connectivity index (χ4n) is 7.35.